The zero-order valence-corrected chi connectivity index (χ0v) is 15.3. The molecule has 1 amide bonds. The van der Waals surface area contributed by atoms with Gasteiger partial charge in [-0.05, 0) is 25.8 Å². The molecule has 0 spiro atoms. The molecule has 1 aliphatic rings. The van der Waals surface area contributed by atoms with Gasteiger partial charge in [0.25, 0.3) is 0 Å². The number of nitrogens with one attached hydrogen (secondary N) is 2. The van der Waals surface area contributed by atoms with Crippen LogP contribution in [-0.4, -0.2) is 49.3 Å². The van der Waals surface area contributed by atoms with Crippen molar-refractivity contribution in [2.24, 2.45) is 4.99 Å². The number of benzene rings is 1. The van der Waals surface area contributed by atoms with E-state index < -0.39 is 6.36 Å². The highest BCUT2D eigenvalue weighted by atomic mass is 19.4. The first-order valence-electron chi connectivity index (χ1n) is 9.02. The van der Waals surface area contributed by atoms with Gasteiger partial charge >= 0.3 is 6.36 Å². The number of amides is 1. The van der Waals surface area contributed by atoms with Crippen molar-refractivity contribution in [1.82, 2.24) is 15.5 Å². The van der Waals surface area contributed by atoms with Crippen molar-refractivity contribution >= 4 is 11.9 Å². The van der Waals surface area contributed by atoms with Crippen molar-refractivity contribution < 1.29 is 22.7 Å². The number of hydrogen-bond acceptors (Lipinski definition) is 3. The highest BCUT2D eigenvalue weighted by Crippen LogP contribution is 2.26. The van der Waals surface area contributed by atoms with E-state index in [1.54, 1.807) is 6.07 Å². The lowest BCUT2D eigenvalue weighted by atomic mass is 10.2. The van der Waals surface area contributed by atoms with E-state index in [9.17, 15) is 18.0 Å². The maximum absolute atomic E-state index is 12.5. The molecule has 1 aromatic carbocycles. The van der Waals surface area contributed by atoms with Gasteiger partial charge in [-0.2, -0.15) is 0 Å². The minimum atomic E-state index is -4.75. The quantitative estimate of drug-likeness (QED) is 0.559. The number of halogens is 3. The molecule has 1 saturated heterocycles. The number of likely N-dealkylation sites (tertiary alicyclic amines) is 1. The van der Waals surface area contributed by atoms with Gasteiger partial charge in [-0.25, -0.2) is 4.99 Å². The first-order valence-corrected chi connectivity index (χ1v) is 9.02. The molecular weight excluding hydrogens is 361 g/mol. The average Bonchev–Trinajstić information content (AvgIpc) is 3.14. The fraction of sp³-hybridized carbons (Fsp3) is 0.556. The van der Waals surface area contributed by atoms with E-state index in [4.69, 9.17) is 0 Å². The minimum Gasteiger partial charge on any atom is -0.405 e. The SMILES string of the molecule is CCNC(=NCc1ccccc1OC(F)(F)F)NCCC(=O)N1CCCC1. The number of nitrogens with zero attached hydrogens (tertiary/aromatic N) is 2. The first kappa shape index (κ1) is 20.9. The molecule has 27 heavy (non-hydrogen) atoms. The molecule has 9 heteroatoms. The number of guanidine groups is 1. The fourth-order valence-corrected chi connectivity index (χ4v) is 2.78. The molecule has 0 aliphatic carbocycles. The topological polar surface area (TPSA) is 66.0 Å². The van der Waals surface area contributed by atoms with Gasteiger partial charge in [-0.3, -0.25) is 4.79 Å². The van der Waals surface area contributed by atoms with Gasteiger partial charge in [0.15, 0.2) is 5.96 Å². The van der Waals surface area contributed by atoms with Crippen LogP contribution in [0.5, 0.6) is 5.75 Å². The van der Waals surface area contributed by atoms with Crippen LogP contribution in [0.2, 0.25) is 0 Å². The van der Waals surface area contributed by atoms with E-state index in [1.165, 1.54) is 18.2 Å². The van der Waals surface area contributed by atoms with Gasteiger partial charge in [0.1, 0.15) is 5.75 Å². The van der Waals surface area contributed by atoms with Gasteiger partial charge in [0.2, 0.25) is 5.91 Å². The van der Waals surface area contributed by atoms with Crippen LogP contribution in [0, 0.1) is 0 Å². The Kier molecular flexibility index (Phi) is 7.75. The number of hydrogen-bond donors (Lipinski definition) is 2. The molecule has 0 saturated carbocycles. The number of para-hydroxylation sites is 1. The van der Waals surface area contributed by atoms with E-state index in [1.807, 2.05) is 11.8 Å². The Labute approximate surface area is 156 Å². The van der Waals surface area contributed by atoms with Crippen LogP contribution in [-0.2, 0) is 11.3 Å². The van der Waals surface area contributed by atoms with E-state index in [2.05, 4.69) is 20.4 Å². The second kappa shape index (κ2) is 10.0. The molecular formula is C18H25F3N4O2. The standard InChI is InChI=1S/C18H25F3N4O2/c1-2-22-17(23-10-9-16(26)25-11-5-6-12-25)24-13-14-7-3-4-8-15(14)27-18(19,20)21/h3-4,7-8H,2,5-6,9-13H2,1H3,(H2,22,23,24). The average molecular weight is 386 g/mol. The number of ether oxygens (including phenoxy) is 1. The van der Waals surface area contributed by atoms with Crippen molar-refractivity contribution in [2.75, 3.05) is 26.2 Å². The minimum absolute atomic E-state index is 0.0155. The largest absolute Gasteiger partial charge is 0.573 e. The van der Waals surface area contributed by atoms with Crippen molar-refractivity contribution in [1.29, 1.82) is 0 Å². The highest BCUT2D eigenvalue weighted by Gasteiger charge is 2.31. The van der Waals surface area contributed by atoms with E-state index >= 15 is 0 Å². The number of carbonyl (C=O) groups is 1. The monoisotopic (exact) mass is 386 g/mol. The molecule has 0 atom stereocenters. The van der Waals surface area contributed by atoms with Gasteiger partial charge in [0, 0.05) is 38.2 Å². The van der Waals surface area contributed by atoms with Crippen molar-refractivity contribution in [3.8, 4) is 5.75 Å². The summed E-state index contributed by atoms with van der Waals surface area (Å²) in [5.41, 5.74) is 0.320. The number of carbonyl (C=O) groups excluding carboxylic acids is 1. The second-order valence-corrected chi connectivity index (χ2v) is 6.12. The predicted octanol–water partition coefficient (Wildman–Crippen LogP) is 2.65. The molecule has 0 aromatic heterocycles. The summed E-state index contributed by atoms with van der Waals surface area (Å²) < 4.78 is 41.5. The maximum atomic E-state index is 12.5. The van der Waals surface area contributed by atoms with Crippen molar-refractivity contribution in [3.05, 3.63) is 29.8 Å². The molecule has 0 radical (unpaired) electrons. The summed E-state index contributed by atoms with van der Waals surface area (Å²) in [6, 6.07) is 5.89. The second-order valence-electron chi connectivity index (χ2n) is 6.12. The molecule has 1 fully saturated rings. The lowest BCUT2D eigenvalue weighted by Gasteiger charge is -2.16. The van der Waals surface area contributed by atoms with Gasteiger partial charge in [-0.1, -0.05) is 18.2 Å². The predicted molar refractivity (Wildman–Crippen MR) is 96.4 cm³/mol. The summed E-state index contributed by atoms with van der Waals surface area (Å²) in [6.45, 7) is 4.51. The van der Waals surface area contributed by atoms with Gasteiger partial charge in [0.05, 0.1) is 6.54 Å². The van der Waals surface area contributed by atoms with Gasteiger partial charge in [-0.15, -0.1) is 13.2 Å². The Bertz CT molecular complexity index is 644. The smallest absolute Gasteiger partial charge is 0.405 e. The molecule has 6 nitrogen and oxygen atoms in total. The van der Waals surface area contributed by atoms with Crippen molar-refractivity contribution in [3.63, 3.8) is 0 Å². The van der Waals surface area contributed by atoms with Crippen LogP contribution >= 0.6 is 0 Å². The van der Waals surface area contributed by atoms with E-state index in [0.717, 1.165) is 25.9 Å². The Morgan fingerprint density at radius 1 is 1.22 bits per heavy atom. The molecule has 0 bridgehead atoms. The first-order chi connectivity index (χ1) is 12.9. The van der Waals surface area contributed by atoms with Crippen LogP contribution in [0.4, 0.5) is 13.2 Å². The van der Waals surface area contributed by atoms with Crippen LogP contribution in [0.25, 0.3) is 0 Å². The molecule has 1 heterocycles. The summed E-state index contributed by atoms with van der Waals surface area (Å²) in [7, 11) is 0. The van der Waals surface area contributed by atoms with E-state index in [0.29, 0.717) is 31.0 Å². The Balaban J connectivity index is 1.92. The zero-order chi connectivity index (χ0) is 19.7. The normalized spacial score (nSPS) is 15.0. The summed E-state index contributed by atoms with van der Waals surface area (Å²) in [5, 5.41) is 6.06. The third-order valence-corrected chi connectivity index (χ3v) is 4.04. The van der Waals surface area contributed by atoms with Crippen LogP contribution in [0.3, 0.4) is 0 Å². The lowest BCUT2D eigenvalue weighted by Crippen LogP contribution is -2.39. The Hall–Kier alpha value is -2.45. The number of rotatable bonds is 7. The maximum Gasteiger partial charge on any atom is 0.573 e. The zero-order valence-electron chi connectivity index (χ0n) is 15.3. The van der Waals surface area contributed by atoms with E-state index in [-0.39, 0.29) is 18.2 Å². The Morgan fingerprint density at radius 3 is 2.59 bits per heavy atom. The highest BCUT2D eigenvalue weighted by molar-refractivity contribution is 5.81. The third-order valence-electron chi connectivity index (χ3n) is 4.04. The summed E-state index contributed by atoms with van der Waals surface area (Å²) in [6.07, 6.45) is -2.32. The summed E-state index contributed by atoms with van der Waals surface area (Å²) in [4.78, 5) is 18.2. The van der Waals surface area contributed by atoms with Gasteiger partial charge < -0.3 is 20.3 Å². The molecule has 1 aliphatic heterocycles. The third kappa shape index (κ3) is 7.36. The van der Waals surface area contributed by atoms with Crippen LogP contribution in [0.1, 0.15) is 31.7 Å². The Morgan fingerprint density at radius 2 is 1.93 bits per heavy atom. The van der Waals surface area contributed by atoms with Crippen LogP contribution < -0.4 is 15.4 Å². The molecule has 2 rings (SSSR count). The molecule has 1 aromatic rings. The fourth-order valence-electron chi connectivity index (χ4n) is 2.78. The summed E-state index contributed by atoms with van der Waals surface area (Å²) >= 11 is 0. The molecule has 0 unspecified atom stereocenters. The number of aliphatic imine (C=N–C) groups is 1. The molecule has 2 N–H and O–H groups in total. The number of alkyl halides is 3. The summed E-state index contributed by atoms with van der Waals surface area (Å²) in [5.74, 6) is 0.266. The lowest BCUT2D eigenvalue weighted by molar-refractivity contribution is -0.274. The van der Waals surface area contributed by atoms with Crippen molar-refractivity contribution in [2.45, 2.75) is 39.1 Å². The van der Waals surface area contributed by atoms with Crippen LogP contribution in [0.15, 0.2) is 29.3 Å². The molecule has 150 valence electrons.